The fraction of sp³-hybridized carbons (Fsp3) is 0.222. The lowest BCUT2D eigenvalue weighted by atomic mass is 10.1. The molecule has 0 atom stereocenters. The van der Waals surface area contributed by atoms with Gasteiger partial charge in [0.25, 0.3) is 0 Å². The van der Waals surface area contributed by atoms with Gasteiger partial charge in [-0.3, -0.25) is 9.69 Å². The molecule has 1 aromatic carbocycles. The Balaban J connectivity index is 1.35. The molecule has 0 spiro atoms. The number of nitrogens with one attached hydrogen (secondary N) is 1. The molecule has 0 unspecified atom stereocenters. The van der Waals surface area contributed by atoms with Gasteiger partial charge in [0.05, 0.1) is 12.1 Å². The Labute approximate surface area is 134 Å². The number of pyridine rings is 1. The summed E-state index contributed by atoms with van der Waals surface area (Å²) in [6.45, 7) is 2.65. The molecule has 1 amide bonds. The molecule has 1 aliphatic heterocycles. The first-order valence-electron chi connectivity index (χ1n) is 7.77. The average Bonchev–Trinajstić information content (AvgIpc) is 3.18. The van der Waals surface area contributed by atoms with Crippen LogP contribution in [-0.2, 0) is 24.4 Å². The van der Waals surface area contributed by atoms with Crippen molar-refractivity contribution >= 4 is 11.4 Å². The van der Waals surface area contributed by atoms with Gasteiger partial charge in [0.1, 0.15) is 0 Å². The van der Waals surface area contributed by atoms with Crippen LogP contribution in [0.4, 0.5) is 0 Å². The summed E-state index contributed by atoms with van der Waals surface area (Å²) in [6, 6.07) is 14.3. The number of fused-ring (bicyclic) bond motifs is 2. The van der Waals surface area contributed by atoms with Gasteiger partial charge in [0, 0.05) is 32.0 Å². The van der Waals surface area contributed by atoms with Crippen molar-refractivity contribution < 1.29 is 4.79 Å². The number of aromatic nitrogens is 2. The standard InChI is InChI=1S/C18H18N4O/c23-18(13-21-11-15-4-1-2-5-16(15)12-21)19-10-14-6-3-9-22-17(14)7-8-20-22/h1-9H,10-13H2,(H,19,23). The van der Waals surface area contributed by atoms with Crippen LogP contribution in [0.15, 0.2) is 54.9 Å². The molecule has 3 aromatic rings. The highest BCUT2D eigenvalue weighted by Crippen LogP contribution is 2.21. The molecule has 1 aliphatic rings. The van der Waals surface area contributed by atoms with Crippen LogP contribution in [0.1, 0.15) is 16.7 Å². The largest absolute Gasteiger partial charge is 0.351 e. The second kappa shape index (κ2) is 5.85. The van der Waals surface area contributed by atoms with Crippen LogP contribution >= 0.6 is 0 Å². The summed E-state index contributed by atoms with van der Waals surface area (Å²) in [5.74, 6) is 0.0549. The number of hydrogen-bond donors (Lipinski definition) is 1. The number of amides is 1. The Morgan fingerprint density at radius 1 is 1.09 bits per heavy atom. The van der Waals surface area contributed by atoms with Gasteiger partial charge in [0.2, 0.25) is 5.91 Å². The van der Waals surface area contributed by atoms with Crippen LogP contribution in [0, 0.1) is 0 Å². The minimum absolute atomic E-state index is 0.0549. The molecule has 0 fully saturated rings. The van der Waals surface area contributed by atoms with Crippen molar-refractivity contribution in [2.75, 3.05) is 6.54 Å². The maximum absolute atomic E-state index is 12.2. The van der Waals surface area contributed by atoms with Crippen LogP contribution < -0.4 is 5.32 Å². The van der Waals surface area contributed by atoms with E-state index in [-0.39, 0.29) is 5.91 Å². The molecular formula is C18H18N4O. The molecule has 4 rings (SSSR count). The third-order valence-corrected chi connectivity index (χ3v) is 4.27. The highest BCUT2D eigenvalue weighted by molar-refractivity contribution is 5.78. The van der Waals surface area contributed by atoms with Gasteiger partial charge >= 0.3 is 0 Å². The van der Waals surface area contributed by atoms with E-state index < -0.39 is 0 Å². The second-order valence-corrected chi connectivity index (χ2v) is 5.89. The van der Waals surface area contributed by atoms with Crippen molar-refractivity contribution in [3.63, 3.8) is 0 Å². The van der Waals surface area contributed by atoms with Crippen molar-refractivity contribution in [3.05, 3.63) is 71.5 Å². The van der Waals surface area contributed by atoms with Crippen molar-refractivity contribution in [2.45, 2.75) is 19.6 Å². The maximum atomic E-state index is 12.2. The van der Waals surface area contributed by atoms with Crippen LogP contribution in [0.2, 0.25) is 0 Å². The Hall–Kier alpha value is -2.66. The number of nitrogens with zero attached hydrogens (tertiary/aromatic N) is 3. The monoisotopic (exact) mass is 306 g/mol. The number of carbonyl (C=O) groups is 1. The Morgan fingerprint density at radius 2 is 1.87 bits per heavy atom. The van der Waals surface area contributed by atoms with Gasteiger partial charge in [-0.15, -0.1) is 0 Å². The topological polar surface area (TPSA) is 49.6 Å². The predicted octanol–water partition coefficient (Wildman–Crippen LogP) is 1.97. The average molecular weight is 306 g/mol. The smallest absolute Gasteiger partial charge is 0.234 e. The molecule has 3 heterocycles. The quantitative estimate of drug-likeness (QED) is 0.802. The van der Waals surface area contributed by atoms with E-state index in [2.05, 4.69) is 39.6 Å². The van der Waals surface area contributed by atoms with Gasteiger partial charge < -0.3 is 5.32 Å². The summed E-state index contributed by atoms with van der Waals surface area (Å²) in [7, 11) is 0. The van der Waals surface area contributed by atoms with Crippen LogP contribution in [0.5, 0.6) is 0 Å². The molecule has 0 radical (unpaired) electrons. The molecule has 23 heavy (non-hydrogen) atoms. The van der Waals surface area contributed by atoms with Gasteiger partial charge in [-0.1, -0.05) is 30.3 Å². The summed E-state index contributed by atoms with van der Waals surface area (Å²) in [6.07, 6.45) is 3.67. The zero-order chi connectivity index (χ0) is 15.6. The Kier molecular flexibility index (Phi) is 3.55. The van der Waals surface area contributed by atoms with Crippen molar-refractivity contribution in [1.82, 2.24) is 19.8 Å². The van der Waals surface area contributed by atoms with Gasteiger partial charge in [-0.05, 0) is 28.8 Å². The zero-order valence-corrected chi connectivity index (χ0v) is 12.8. The first-order chi connectivity index (χ1) is 11.3. The van der Waals surface area contributed by atoms with E-state index in [0.717, 1.165) is 24.2 Å². The second-order valence-electron chi connectivity index (χ2n) is 5.89. The minimum atomic E-state index is 0.0549. The summed E-state index contributed by atoms with van der Waals surface area (Å²) in [4.78, 5) is 14.4. The highest BCUT2D eigenvalue weighted by Gasteiger charge is 2.20. The van der Waals surface area contributed by atoms with Crippen LogP contribution in [0.3, 0.4) is 0 Å². The molecule has 0 aliphatic carbocycles. The summed E-state index contributed by atoms with van der Waals surface area (Å²) < 4.78 is 1.82. The van der Waals surface area contributed by atoms with Crippen LogP contribution in [-0.4, -0.2) is 27.0 Å². The van der Waals surface area contributed by atoms with Gasteiger partial charge in [0.15, 0.2) is 0 Å². The lowest BCUT2D eigenvalue weighted by molar-refractivity contribution is -0.122. The zero-order valence-electron chi connectivity index (χ0n) is 12.8. The SMILES string of the molecule is O=C(CN1Cc2ccccc2C1)NCc1cccn2nccc12. The molecular weight excluding hydrogens is 288 g/mol. The number of benzene rings is 1. The summed E-state index contributed by atoms with van der Waals surface area (Å²) >= 11 is 0. The van der Waals surface area contributed by atoms with Crippen molar-refractivity contribution in [3.8, 4) is 0 Å². The predicted molar refractivity (Wildman–Crippen MR) is 87.6 cm³/mol. The first-order valence-corrected chi connectivity index (χ1v) is 7.77. The van der Waals surface area contributed by atoms with E-state index in [1.54, 1.807) is 6.20 Å². The van der Waals surface area contributed by atoms with E-state index in [4.69, 9.17) is 0 Å². The third-order valence-electron chi connectivity index (χ3n) is 4.27. The molecule has 0 bridgehead atoms. The fourth-order valence-electron chi connectivity index (χ4n) is 3.13. The van der Waals surface area contributed by atoms with E-state index in [0.29, 0.717) is 13.1 Å². The minimum Gasteiger partial charge on any atom is -0.351 e. The highest BCUT2D eigenvalue weighted by atomic mass is 16.2. The van der Waals surface area contributed by atoms with Gasteiger partial charge in [-0.25, -0.2) is 4.52 Å². The summed E-state index contributed by atoms with van der Waals surface area (Å²) in [5.41, 5.74) is 4.75. The van der Waals surface area contributed by atoms with E-state index >= 15 is 0 Å². The normalized spacial score (nSPS) is 14.1. The number of rotatable bonds is 4. The molecule has 116 valence electrons. The van der Waals surface area contributed by atoms with Gasteiger partial charge in [-0.2, -0.15) is 5.10 Å². The first kappa shape index (κ1) is 14.0. The Morgan fingerprint density at radius 3 is 2.65 bits per heavy atom. The molecule has 0 saturated carbocycles. The number of hydrogen-bond acceptors (Lipinski definition) is 3. The maximum Gasteiger partial charge on any atom is 0.234 e. The summed E-state index contributed by atoms with van der Waals surface area (Å²) in [5, 5.41) is 7.22. The molecule has 5 nitrogen and oxygen atoms in total. The van der Waals surface area contributed by atoms with E-state index in [1.165, 1.54) is 11.1 Å². The molecule has 5 heteroatoms. The van der Waals surface area contributed by atoms with Crippen molar-refractivity contribution in [1.29, 1.82) is 0 Å². The third kappa shape index (κ3) is 2.83. The lowest BCUT2D eigenvalue weighted by Crippen LogP contribution is -2.34. The van der Waals surface area contributed by atoms with Crippen molar-refractivity contribution in [2.24, 2.45) is 0 Å². The van der Waals surface area contributed by atoms with E-state index in [1.807, 2.05) is 28.9 Å². The molecule has 0 saturated heterocycles. The van der Waals surface area contributed by atoms with Crippen LogP contribution in [0.25, 0.3) is 5.52 Å². The Bertz CT molecular complexity index is 830. The lowest BCUT2D eigenvalue weighted by Gasteiger charge is -2.14. The molecule has 1 N–H and O–H groups in total. The van der Waals surface area contributed by atoms with E-state index in [9.17, 15) is 4.79 Å². The fourth-order valence-corrected chi connectivity index (χ4v) is 3.13. The molecule has 2 aromatic heterocycles. The number of carbonyl (C=O) groups excluding carboxylic acids is 1.